The van der Waals surface area contributed by atoms with E-state index in [0.29, 0.717) is 0 Å². The first kappa shape index (κ1) is 16.1. The molecule has 0 saturated heterocycles. The highest BCUT2D eigenvalue weighted by Gasteiger charge is 2.36. The molecule has 118 valence electrons. The Labute approximate surface area is 132 Å². The molecule has 0 saturated carbocycles. The van der Waals surface area contributed by atoms with E-state index in [1.807, 2.05) is 57.2 Å². The van der Waals surface area contributed by atoms with Crippen molar-refractivity contribution >= 4 is 6.09 Å². The Bertz CT molecular complexity index is 619. The molecule has 1 aliphatic rings. The van der Waals surface area contributed by atoms with Gasteiger partial charge in [-0.15, -0.1) is 0 Å². The second-order valence-corrected chi connectivity index (χ2v) is 6.12. The molecule has 2 unspecified atom stereocenters. The third-order valence-corrected chi connectivity index (χ3v) is 4.50. The van der Waals surface area contributed by atoms with Gasteiger partial charge >= 0.3 is 6.09 Å². The number of nitrogens with two attached hydrogens (primary N) is 1. The Morgan fingerprint density at radius 1 is 1.32 bits per heavy atom. The molecule has 4 heteroatoms. The number of hydrogen-bond acceptors (Lipinski definition) is 3. The maximum absolute atomic E-state index is 12.1. The molecule has 0 aromatic heterocycles. The van der Waals surface area contributed by atoms with Crippen LogP contribution in [0.2, 0.25) is 0 Å². The summed E-state index contributed by atoms with van der Waals surface area (Å²) in [6.07, 6.45) is 1.58. The first-order valence-electron chi connectivity index (χ1n) is 7.48. The monoisotopic (exact) mass is 300 g/mol. The van der Waals surface area contributed by atoms with Crippen LogP contribution >= 0.6 is 0 Å². The number of benzene rings is 1. The lowest BCUT2D eigenvalue weighted by Gasteiger charge is -2.38. The zero-order valence-corrected chi connectivity index (χ0v) is 13.6. The highest BCUT2D eigenvalue weighted by Crippen LogP contribution is 2.34. The molecule has 2 atom stereocenters. The van der Waals surface area contributed by atoms with Crippen LogP contribution in [-0.2, 0) is 11.3 Å². The Morgan fingerprint density at radius 2 is 1.95 bits per heavy atom. The molecule has 0 fully saturated rings. The summed E-state index contributed by atoms with van der Waals surface area (Å²) >= 11 is 0. The van der Waals surface area contributed by atoms with Crippen LogP contribution in [0.15, 0.2) is 53.3 Å². The second kappa shape index (κ2) is 6.26. The highest BCUT2D eigenvalue weighted by molar-refractivity contribution is 5.69. The van der Waals surface area contributed by atoms with Crippen molar-refractivity contribution in [1.29, 1.82) is 0 Å². The van der Waals surface area contributed by atoms with Crippen LogP contribution in [0, 0.1) is 5.92 Å². The van der Waals surface area contributed by atoms with Crippen LogP contribution in [-0.4, -0.2) is 11.6 Å². The van der Waals surface area contributed by atoms with Crippen molar-refractivity contribution in [2.45, 2.75) is 39.8 Å². The van der Waals surface area contributed by atoms with Crippen molar-refractivity contribution in [1.82, 2.24) is 5.32 Å². The average molecular weight is 300 g/mol. The summed E-state index contributed by atoms with van der Waals surface area (Å²) in [5, 5.41) is 2.97. The normalized spacial score (nSPS) is 24.7. The molecule has 22 heavy (non-hydrogen) atoms. The van der Waals surface area contributed by atoms with E-state index in [9.17, 15) is 4.79 Å². The van der Waals surface area contributed by atoms with E-state index < -0.39 is 11.6 Å². The number of allylic oxidation sites excluding steroid dienone is 1. The number of ether oxygens (including phenoxy) is 1. The smallest absolute Gasteiger partial charge is 0.408 e. The lowest BCUT2D eigenvalue weighted by atomic mass is 9.75. The Hall–Kier alpha value is -2.23. The predicted molar refractivity (Wildman–Crippen MR) is 88.0 cm³/mol. The number of nitrogens with one attached hydrogen (secondary N) is 1. The summed E-state index contributed by atoms with van der Waals surface area (Å²) < 4.78 is 5.32. The Balaban J connectivity index is 2.02. The number of rotatable bonds is 3. The minimum Gasteiger partial charge on any atom is -0.445 e. The average Bonchev–Trinajstić information content (AvgIpc) is 2.50. The molecule has 1 aromatic rings. The van der Waals surface area contributed by atoms with Crippen LogP contribution in [0.4, 0.5) is 4.79 Å². The Kier molecular flexibility index (Phi) is 4.59. The summed E-state index contributed by atoms with van der Waals surface area (Å²) in [7, 11) is 0. The van der Waals surface area contributed by atoms with Gasteiger partial charge in [-0.05, 0) is 37.5 Å². The van der Waals surface area contributed by atoms with Gasteiger partial charge in [-0.2, -0.15) is 0 Å². The fourth-order valence-corrected chi connectivity index (χ4v) is 2.77. The van der Waals surface area contributed by atoms with E-state index in [4.69, 9.17) is 10.5 Å². The largest absolute Gasteiger partial charge is 0.445 e. The van der Waals surface area contributed by atoms with Gasteiger partial charge < -0.3 is 15.8 Å². The lowest BCUT2D eigenvalue weighted by Crippen LogP contribution is -2.51. The molecule has 1 aromatic carbocycles. The fraction of sp³-hybridized carbons (Fsp3) is 0.389. The van der Waals surface area contributed by atoms with Gasteiger partial charge in [-0.3, -0.25) is 0 Å². The van der Waals surface area contributed by atoms with Gasteiger partial charge in [0.05, 0.1) is 5.54 Å². The number of amides is 1. The summed E-state index contributed by atoms with van der Waals surface area (Å²) in [6.45, 7) is 8.27. The maximum Gasteiger partial charge on any atom is 0.408 e. The molecule has 4 nitrogen and oxygen atoms in total. The summed E-state index contributed by atoms with van der Waals surface area (Å²) in [5.74, 6) is 0.112. The quantitative estimate of drug-likeness (QED) is 0.898. The molecule has 2 rings (SSSR count). The summed E-state index contributed by atoms with van der Waals surface area (Å²) in [6, 6.07) is 9.63. The minimum absolute atomic E-state index is 0.112. The predicted octanol–water partition coefficient (Wildman–Crippen LogP) is 3.50. The van der Waals surface area contributed by atoms with Crippen LogP contribution in [0.25, 0.3) is 0 Å². The van der Waals surface area contributed by atoms with Gasteiger partial charge in [0.15, 0.2) is 0 Å². The first-order chi connectivity index (χ1) is 10.3. The molecule has 3 N–H and O–H groups in total. The zero-order valence-electron chi connectivity index (χ0n) is 13.6. The van der Waals surface area contributed by atoms with Gasteiger partial charge in [-0.25, -0.2) is 4.79 Å². The van der Waals surface area contributed by atoms with Crippen molar-refractivity contribution in [3.8, 4) is 0 Å². The topological polar surface area (TPSA) is 64.3 Å². The number of carbonyl (C=O) groups is 1. The maximum atomic E-state index is 12.1. The minimum atomic E-state index is -0.495. The molecule has 0 radical (unpaired) electrons. The van der Waals surface area contributed by atoms with E-state index in [1.54, 1.807) is 0 Å². The van der Waals surface area contributed by atoms with E-state index in [0.717, 1.165) is 22.4 Å². The Morgan fingerprint density at radius 3 is 2.59 bits per heavy atom. The van der Waals surface area contributed by atoms with Gasteiger partial charge in [-0.1, -0.05) is 43.3 Å². The van der Waals surface area contributed by atoms with Crippen LogP contribution in [0.5, 0.6) is 0 Å². The van der Waals surface area contributed by atoms with Crippen LogP contribution in [0.1, 0.15) is 33.3 Å². The number of carbonyl (C=O) groups excluding carboxylic acids is 1. The lowest BCUT2D eigenvalue weighted by molar-refractivity contribution is 0.127. The first-order valence-corrected chi connectivity index (χ1v) is 7.48. The number of hydrogen-bond donors (Lipinski definition) is 2. The van der Waals surface area contributed by atoms with E-state index in [2.05, 4.69) is 12.2 Å². The van der Waals surface area contributed by atoms with E-state index >= 15 is 0 Å². The molecule has 1 aliphatic carbocycles. The summed E-state index contributed by atoms with van der Waals surface area (Å²) in [5.41, 5.74) is 9.42. The molecular formula is C18H24N2O2. The van der Waals surface area contributed by atoms with Gasteiger partial charge in [0, 0.05) is 11.6 Å². The SMILES string of the molecule is CC1=CC(C)(NC(=O)OCc2ccccc2)C(C)C(C)=C1N. The third-order valence-electron chi connectivity index (χ3n) is 4.50. The van der Waals surface area contributed by atoms with Crippen LogP contribution < -0.4 is 11.1 Å². The molecule has 0 spiro atoms. The van der Waals surface area contributed by atoms with Crippen molar-refractivity contribution < 1.29 is 9.53 Å². The third kappa shape index (κ3) is 3.32. The van der Waals surface area contributed by atoms with E-state index in [1.165, 1.54) is 0 Å². The summed E-state index contributed by atoms with van der Waals surface area (Å²) in [4.78, 5) is 12.1. The van der Waals surface area contributed by atoms with Gasteiger partial charge in [0.25, 0.3) is 0 Å². The highest BCUT2D eigenvalue weighted by atomic mass is 16.5. The van der Waals surface area contributed by atoms with Crippen molar-refractivity contribution in [2.24, 2.45) is 11.7 Å². The standard InChI is InChI=1S/C18H24N2O2/c1-12-10-18(4,14(3)13(2)16(12)19)20-17(21)22-11-15-8-6-5-7-9-15/h5-10,14H,11,19H2,1-4H3,(H,20,21). The van der Waals surface area contributed by atoms with Crippen molar-refractivity contribution in [3.63, 3.8) is 0 Å². The van der Waals surface area contributed by atoms with E-state index in [-0.39, 0.29) is 12.5 Å². The van der Waals surface area contributed by atoms with Crippen molar-refractivity contribution in [3.05, 3.63) is 58.8 Å². The van der Waals surface area contributed by atoms with Crippen LogP contribution in [0.3, 0.4) is 0 Å². The van der Waals surface area contributed by atoms with Gasteiger partial charge in [0.1, 0.15) is 6.61 Å². The van der Waals surface area contributed by atoms with Gasteiger partial charge in [0.2, 0.25) is 0 Å². The molecule has 0 aliphatic heterocycles. The molecular weight excluding hydrogens is 276 g/mol. The molecule has 0 heterocycles. The number of alkyl carbamates (subject to hydrolysis) is 1. The fourth-order valence-electron chi connectivity index (χ4n) is 2.77. The molecule has 0 bridgehead atoms. The second-order valence-electron chi connectivity index (χ2n) is 6.12. The molecule has 1 amide bonds. The zero-order chi connectivity index (χ0) is 16.3. The van der Waals surface area contributed by atoms with Crippen molar-refractivity contribution in [2.75, 3.05) is 0 Å².